The van der Waals surface area contributed by atoms with E-state index < -0.39 is 0 Å². The van der Waals surface area contributed by atoms with Crippen LogP contribution in [0, 0.1) is 12.1 Å². The SMILES string of the molecule is CC(C)c1cccc(C(C)C)c1-n1c(-c2[c-]cccc2)nc2ccccc21.Cn1c(-c2[c-]cccc2)nc2ccc3c(c4cccc5c6ccccc6n3c54)c21.[Ir]. The minimum absolute atomic E-state index is 0. The Morgan fingerprint density at radius 2 is 1.07 bits per heavy atom. The molecule has 281 valence electrons. The zero-order chi connectivity index (χ0) is 38.1. The number of rotatable bonds is 5. The number of aromatic nitrogens is 5. The van der Waals surface area contributed by atoms with Gasteiger partial charge in [-0.1, -0.05) is 94.4 Å². The summed E-state index contributed by atoms with van der Waals surface area (Å²) in [6.07, 6.45) is 0. The summed E-state index contributed by atoms with van der Waals surface area (Å²) >= 11 is 0. The normalized spacial score (nSPS) is 11.8. The van der Waals surface area contributed by atoms with Crippen molar-refractivity contribution < 1.29 is 20.1 Å². The Bertz CT molecular complexity index is 3180. The molecule has 4 aromatic heterocycles. The summed E-state index contributed by atoms with van der Waals surface area (Å²) in [5.74, 6) is 2.74. The van der Waals surface area contributed by atoms with Gasteiger partial charge in [-0.05, 0) is 53.3 Å². The summed E-state index contributed by atoms with van der Waals surface area (Å²) in [6, 6.07) is 57.6. The first kappa shape index (κ1) is 36.6. The predicted octanol–water partition coefficient (Wildman–Crippen LogP) is 12.9. The van der Waals surface area contributed by atoms with E-state index in [0.717, 1.165) is 39.3 Å². The fourth-order valence-electron chi connectivity index (χ4n) is 8.73. The van der Waals surface area contributed by atoms with Gasteiger partial charge >= 0.3 is 0 Å². The molecule has 6 heteroatoms. The molecule has 4 heterocycles. The molecule has 0 aliphatic carbocycles. The smallest absolute Gasteiger partial charge is 0.0778 e. The van der Waals surface area contributed by atoms with Crippen molar-refractivity contribution in [3.8, 4) is 28.5 Å². The van der Waals surface area contributed by atoms with Crippen molar-refractivity contribution in [3.05, 3.63) is 169 Å². The van der Waals surface area contributed by atoms with Gasteiger partial charge in [-0.25, -0.2) is 0 Å². The van der Waals surface area contributed by atoms with Crippen LogP contribution in [0.3, 0.4) is 0 Å². The summed E-state index contributed by atoms with van der Waals surface area (Å²) in [5, 5.41) is 5.16. The van der Waals surface area contributed by atoms with E-state index in [1.807, 2.05) is 36.4 Å². The van der Waals surface area contributed by atoms with Gasteiger partial charge in [0.1, 0.15) is 0 Å². The average Bonchev–Trinajstić information content (AvgIpc) is 3.98. The van der Waals surface area contributed by atoms with Gasteiger partial charge < -0.3 is 13.5 Å². The second kappa shape index (κ2) is 14.5. The fourth-order valence-corrected chi connectivity index (χ4v) is 8.73. The third-order valence-corrected chi connectivity index (χ3v) is 11.2. The summed E-state index contributed by atoms with van der Waals surface area (Å²) in [6.45, 7) is 9.04. The van der Waals surface area contributed by atoms with Crippen LogP contribution < -0.4 is 0 Å². The zero-order valence-corrected chi connectivity index (χ0v) is 35.0. The van der Waals surface area contributed by atoms with E-state index in [9.17, 15) is 0 Å². The van der Waals surface area contributed by atoms with E-state index in [2.05, 4.69) is 170 Å². The third kappa shape index (κ3) is 5.78. The number of benzene rings is 7. The molecule has 0 aliphatic rings. The summed E-state index contributed by atoms with van der Waals surface area (Å²) < 4.78 is 6.97. The summed E-state index contributed by atoms with van der Waals surface area (Å²) in [7, 11) is 2.11. The molecule has 57 heavy (non-hydrogen) atoms. The van der Waals surface area contributed by atoms with Crippen LogP contribution in [0.2, 0.25) is 0 Å². The first-order valence-corrected chi connectivity index (χ1v) is 19.5. The van der Waals surface area contributed by atoms with Gasteiger partial charge in [-0.15, -0.1) is 71.8 Å². The number of para-hydroxylation sites is 5. The van der Waals surface area contributed by atoms with Crippen LogP contribution >= 0.6 is 0 Å². The standard InChI is InChI=1S/C26H16N3.C25H25N2.Ir/c1-28-25-20(27-26(28)16-8-3-2-4-9-16)14-15-22-23(25)19-12-7-11-18-17-10-5-6-13-21(17)29(22)24(18)19;1-17(2)20-13-10-14-21(18(3)4)24(20)27-23-16-9-8-15-22(23)26-25(27)19-11-6-5-7-12-19;/h2-8,10-15H,1H3;5-11,13-18H,1-4H3;/q2*-1;. The minimum atomic E-state index is 0. The van der Waals surface area contributed by atoms with Crippen LogP contribution in [-0.4, -0.2) is 23.5 Å². The largest absolute Gasteiger partial charge is 0.366 e. The molecule has 0 saturated carbocycles. The van der Waals surface area contributed by atoms with Crippen molar-refractivity contribution in [2.75, 3.05) is 0 Å². The Balaban J connectivity index is 0.000000146. The molecule has 0 spiro atoms. The molecule has 0 amide bonds. The maximum atomic E-state index is 4.99. The molecule has 11 aromatic rings. The maximum Gasteiger partial charge on any atom is 0.0778 e. The minimum Gasteiger partial charge on any atom is -0.366 e. The van der Waals surface area contributed by atoms with E-state index in [0.29, 0.717) is 11.8 Å². The molecule has 0 N–H and O–H groups in total. The van der Waals surface area contributed by atoms with Crippen molar-refractivity contribution in [1.82, 2.24) is 23.5 Å². The van der Waals surface area contributed by atoms with Crippen LogP contribution in [0.5, 0.6) is 0 Å². The van der Waals surface area contributed by atoms with E-state index in [1.165, 1.54) is 60.4 Å². The molecular weight excluding hydrogens is 875 g/mol. The molecule has 0 aliphatic heterocycles. The van der Waals surface area contributed by atoms with E-state index in [1.54, 1.807) is 0 Å². The molecular formula is C51H41IrN5-2. The van der Waals surface area contributed by atoms with E-state index in [4.69, 9.17) is 9.97 Å². The number of nitrogens with zero attached hydrogens (tertiary/aromatic N) is 5. The van der Waals surface area contributed by atoms with Gasteiger partial charge in [0.15, 0.2) is 0 Å². The quantitative estimate of drug-likeness (QED) is 0.161. The Labute approximate surface area is 345 Å². The Morgan fingerprint density at radius 3 is 1.75 bits per heavy atom. The second-order valence-electron chi connectivity index (χ2n) is 15.3. The van der Waals surface area contributed by atoms with Crippen LogP contribution in [-0.2, 0) is 27.2 Å². The monoisotopic (exact) mass is 916 g/mol. The van der Waals surface area contributed by atoms with Crippen molar-refractivity contribution in [2.24, 2.45) is 7.05 Å². The number of hydrogen-bond donors (Lipinski definition) is 0. The first-order valence-electron chi connectivity index (χ1n) is 19.5. The molecule has 0 bridgehead atoms. The van der Waals surface area contributed by atoms with Crippen LogP contribution in [0.25, 0.3) is 88.6 Å². The fraction of sp³-hybridized carbons (Fsp3) is 0.137. The molecule has 0 atom stereocenters. The van der Waals surface area contributed by atoms with Gasteiger partial charge in [0.2, 0.25) is 0 Å². The molecule has 5 nitrogen and oxygen atoms in total. The van der Waals surface area contributed by atoms with Crippen molar-refractivity contribution in [1.29, 1.82) is 0 Å². The van der Waals surface area contributed by atoms with Crippen LogP contribution in [0.4, 0.5) is 0 Å². The van der Waals surface area contributed by atoms with Crippen molar-refractivity contribution in [3.63, 3.8) is 0 Å². The average molecular weight is 916 g/mol. The number of fused-ring (bicyclic) bond motifs is 9. The number of aryl methyl sites for hydroxylation is 1. The maximum absolute atomic E-state index is 4.99. The molecule has 0 fully saturated rings. The summed E-state index contributed by atoms with van der Waals surface area (Å²) in [4.78, 5) is 9.95. The zero-order valence-electron chi connectivity index (χ0n) is 32.6. The number of imidazole rings is 2. The molecule has 7 aromatic carbocycles. The van der Waals surface area contributed by atoms with Gasteiger partial charge in [0.05, 0.1) is 50.3 Å². The van der Waals surface area contributed by atoms with Crippen molar-refractivity contribution in [2.45, 2.75) is 39.5 Å². The Kier molecular flexibility index (Phi) is 9.27. The van der Waals surface area contributed by atoms with Crippen LogP contribution in [0.15, 0.2) is 146 Å². The van der Waals surface area contributed by atoms with Crippen LogP contribution in [0.1, 0.15) is 50.7 Å². The van der Waals surface area contributed by atoms with E-state index in [-0.39, 0.29) is 20.1 Å². The third-order valence-electron chi connectivity index (χ3n) is 11.2. The van der Waals surface area contributed by atoms with Gasteiger partial charge in [-0.2, -0.15) is 0 Å². The molecule has 11 rings (SSSR count). The first-order chi connectivity index (χ1) is 27.4. The Morgan fingerprint density at radius 1 is 0.491 bits per heavy atom. The summed E-state index contributed by atoms with van der Waals surface area (Å²) in [5.41, 5.74) is 14.1. The van der Waals surface area contributed by atoms with Gasteiger partial charge in [-0.3, -0.25) is 9.97 Å². The van der Waals surface area contributed by atoms with E-state index >= 15 is 0 Å². The Hall–Kier alpha value is -6.07. The van der Waals surface area contributed by atoms with Gasteiger partial charge in [0.25, 0.3) is 0 Å². The molecule has 1 radical (unpaired) electrons. The number of hydrogen-bond acceptors (Lipinski definition) is 2. The topological polar surface area (TPSA) is 40.0 Å². The second-order valence-corrected chi connectivity index (χ2v) is 15.3. The molecule has 0 unspecified atom stereocenters. The van der Waals surface area contributed by atoms with Gasteiger partial charge in [0, 0.05) is 54.4 Å². The predicted molar refractivity (Wildman–Crippen MR) is 233 cm³/mol. The van der Waals surface area contributed by atoms with Crippen molar-refractivity contribution >= 4 is 60.2 Å². The molecule has 0 saturated heterocycles.